The molecule has 0 spiro atoms. The molecule has 33 heavy (non-hydrogen) atoms. The monoisotopic (exact) mass is 442 g/mol. The lowest BCUT2D eigenvalue weighted by Crippen LogP contribution is -2.27. The minimum atomic E-state index is -0.120. The summed E-state index contributed by atoms with van der Waals surface area (Å²) in [6.45, 7) is 7.39. The van der Waals surface area contributed by atoms with Crippen LogP contribution < -0.4 is 10.9 Å². The van der Waals surface area contributed by atoms with E-state index in [1.165, 1.54) is 10.2 Å². The van der Waals surface area contributed by atoms with Crippen LogP contribution in [0.2, 0.25) is 0 Å². The van der Waals surface area contributed by atoms with Gasteiger partial charge in [0, 0.05) is 36.3 Å². The molecule has 0 saturated carbocycles. The topological polar surface area (TPSA) is 68.9 Å². The first-order valence-corrected chi connectivity index (χ1v) is 11.4. The normalized spacial score (nSPS) is 12.1. The number of carbonyl (C=O) groups excluding carboxylic acids is 1. The number of amides is 1. The highest BCUT2D eigenvalue weighted by Gasteiger charge is 2.17. The largest absolute Gasteiger partial charge is 0.356 e. The molecule has 6 heteroatoms. The van der Waals surface area contributed by atoms with Crippen LogP contribution in [0.15, 0.2) is 71.7 Å². The zero-order valence-corrected chi connectivity index (χ0v) is 19.4. The molecule has 0 unspecified atom stereocenters. The molecule has 0 radical (unpaired) electrons. The number of nitrogens with zero attached hydrogens (tertiary/aromatic N) is 3. The van der Waals surface area contributed by atoms with E-state index in [0.717, 1.165) is 22.5 Å². The van der Waals surface area contributed by atoms with Crippen LogP contribution in [0.4, 0.5) is 0 Å². The molecule has 4 rings (SSSR count). The average molecular weight is 443 g/mol. The Labute approximate surface area is 193 Å². The Morgan fingerprint density at radius 2 is 1.67 bits per heavy atom. The van der Waals surface area contributed by atoms with Gasteiger partial charge >= 0.3 is 0 Å². The number of carbonyl (C=O) groups is 1. The number of fused-ring (bicyclic) bond motifs is 1. The summed E-state index contributed by atoms with van der Waals surface area (Å²) in [5.41, 5.74) is 3.77. The Morgan fingerprint density at radius 1 is 1.00 bits per heavy atom. The number of aryl methyl sites for hydroxylation is 2. The van der Waals surface area contributed by atoms with Crippen molar-refractivity contribution < 1.29 is 4.79 Å². The summed E-state index contributed by atoms with van der Waals surface area (Å²) in [5, 5.41) is 8.99. The van der Waals surface area contributed by atoms with E-state index in [1.807, 2.05) is 62.4 Å². The van der Waals surface area contributed by atoms with Crippen LogP contribution in [-0.4, -0.2) is 26.8 Å². The maximum Gasteiger partial charge on any atom is 0.281 e. The highest BCUT2D eigenvalue weighted by atomic mass is 16.1. The van der Waals surface area contributed by atoms with Crippen molar-refractivity contribution in [2.75, 3.05) is 6.54 Å². The van der Waals surface area contributed by atoms with Crippen LogP contribution in [0, 0.1) is 13.8 Å². The molecule has 4 aromatic rings. The first kappa shape index (κ1) is 22.5. The van der Waals surface area contributed by atoms with Gasteiger partial charge in [-0.3, -0.25) is 9.59 Å². The van der Waals surface area contributed by atoms with Crippen molar-refractivity contribution in [1.82, 2.24) is 19.7 Å². The van der Waals surface area contributed by atoms with Gasteiger partial charge in [-0.1, -0.05) is 55.5 Å². The second-order valence-electron chi connectivity index (χ2n) is 8.53. The van der Waals surface area contributed by atoms with Crippen molar-refractivity contribution in [3.63, 3.8) is 0 Å². The Balaban J connectivity index is 1.42. The van der Waals surface area contributed by atoms with Gasteiger partial charge in [0.15, 0.2) is 0 Å². The number of benzene rings is 2. The lowest BCUT2D eigenvalue weighted by molar-refractivity contribution is -0.121. The molecule has 2 heterocycles. The fourth-order valence-corrected chi connectivity index (χ4v) is 4.35. The minimum absolute atomic E-state index is 0.0536. The lowest BCUT2D eigenvalue weighted by Gasteiger charge is -2.13. The Kier molecular flexibility index (Phi) is 6.73. The fourth-order valence-electron chi connectivity index (χ4n) is 4.35. The molecule has 0 aliphatic rings. The summed E-state index contributed by atoms with van der Waals surface area (Å²) >= 11 is 0. The van der Waals surface area contributed by atoms with Gasteiger partial charge in [0.1, 0.15) is 0 Å². The third-order valence-corrected chi connectivity index (χ3v) is 6.30. The van der Waals surface area contributed by atoms with Crippen molar-refractivity contribution >= 4 is 16.7 Å². The van der Waals surface area contributed by atoms with Crippen LogP contribution in [0.25, 0.3) is 16.5 Å². The number of aromatic nitrogens is 3. The zero-order valence-electron chi connectivity index (χ0n) is 19.4. The van der Waals surface area contributed by atoms with Crippen LogP contribution in [0.3, 0.4) is 0 Å². The van der Waals surface area contributed by atoms with E-state index in [2.05, 4.69) is 34.0 Å². The van der Waals surface area contributed by atoms with Crippen molar-refractivity contribution in [3.05, 3.63) is 94.2 Å². The van der Waals surface area contributed by atoms with E-state index in [0.29, 0.717) is 31.3 Å². The van der Waals surface area contributed by atoms with Gasteiger partial charge in [-0.2, -0.15) is 9.78 Å². The predicted octanol–water partition coefficient (Wildman–Crippen LogP) is 4.50. The molecule has 0 aliphatic carbocycles. The standard InChI is InChI=1S/C27H30N4O2/c1-19(22-11-6-4-7-12-22)17-28-25(32)15-10-16-30-20(2)24-18-29-31(23-13-8-5-9-14-23)27(33)26(24)21(30)3/h4-9,11-14,18-19H,10,15-17H2,1-3H3,(H,28,32)/t19-/m0/s1. The third kappa shape index (κ3) is 4.75. The molecular formula is C27H30N4O2. The van der Waals surface area contributed by atoms with Crippen LogP contribution in [-0.2, 0) is 11.3 Å². The van der Waals surface area contributed by atoms with Crippen molar-refractivity contribution in [3.8, 4) is 5.69 Å². The van der Waals surface area contributed by atoms with E-state index >= 15 is 0 Å². The minimum Gasteiger partial charge on any atom is -0.356 e. The number of nitrogens with one attached hydrogen (secondary N) is 1. The summed E-state index contributed by atoms with van der Waals surface area (Å²) in [4.78, 5) is 25.6. The van der Waals surface area contributed by atoms with Gasteiger partial charge in [-0.15, -0.1) is 0 Å². The average Bonchev–Trinajstić information content (AvgIpc) is 3.09. The molecule has 0 aliphatic heterocycles. The van der Waals surface area contributed by atoms with Gasteiger partial charge in [-0.05, 0) is 43.9 Å². The van der Waals surface area contributed by atoms with E-state index in [-0.39, 0.29) is 17.4 Å². The molecular weight excluding hydrogens is 412 g/mol. The molecule has 1 amide bonds. The van der Waals surface area contributed by atoms with E-state index in [1.54, 1.807) is 6.20 Å². The molecule has 2 aromatic heterocycles. The molecule has 1 atom stereocenters. The maximum absolute atomic E-state index is 13.2. The SMILES string of the molecule is Cc1c2cnn(-c3ccccc3)c(=O)c2c(C)n1CCCC(=O)NC[C@H](C)c1ccccc1. The summed E-state index contributed by atoms with van der Waals surface area (Å²) < 4.78 is 3.57. The highest BCUT2D eigenvalue weighted by molar-refractivity contribution is 5.87. The quantitative estimate of drug-likeness (QED) is 0.437. The summed E-state index contributed by atoms with van der Waals surface area (Å²) in [7, 11) is 0. The van der Waals surface area contributed by atoms with E-state index in [9.17, 15) is 9.59 Å². The van der Waals surface area contributed by atoms with Gasteiger partial charge in [0.05, 0.1) is 17.3 Å². The highest BCUT2D eigenvalue weighted by Crippen LogP contribution is 2.23. The first-order valence-electron chi connectivity index (χ1n) is 11.4. The molecule has 0 saturated heterocycles. The molecule has 170 valence electrons. The van der Waals surface area contributed by atoms with Crippen LogP contribution in [0.5, 0.6) is 0 Å². The first-order chi connectivity index (χ1) is 16.0. The Morgan fingerprint density at radius 3 is 2.36 bits per heavy atom. The van der Waals surface area contributed by atoms with Crippen molar-refractivity contribution in [1.29, 1.82) is 0 Å². The van der Waals surface area contributed by atoms with Crippen molar-refractivity contribution in [2.24, 2.45) is 0 Å². The van der Waals surface area contributed by atoms with E-state index in [4.69, 9.17) is 0 Å². The number of hydrogen-bond donors (Lipinski definition) is 1. The Hall–Kier alpha value is -3.67. The van der Waals surface area contributed by atoms with Gasteiger partial charge in [-0.25, -0.2) is 0 Å². The predicted molar refractivity (Wildman–Crippen MR) is 132 cm³/mol. The van der Waals surface area contributed by atoms with Crippen LogP contribution >= 0.6 is 0 Å². The number of para-hydroxylation sites is 1. The second-order valence-corrected chi connectivity index (χ2v) is 8.53. The Bertz CT molecular complexity index is 1310. The summed E-state index contributed by atoms with van der Waals surface area (Å²) in [5.74, 6) is 0.326. The maximum atomic E-state index is 13.2. The third-order valence-electron chi connectivity index (χ3n) is 6.30. The smallest absolute Gasteiger partial charge is 0.281 e. The number of hydrogen-bond acceptors (Lipinski definition) is 3. The van der Waals surface area contributed by atoms with Crippen LogP contribution in [0.1, 0.15) is 42.6 Å². The molecule has 6 nitrogen and oxygen atoms in total. The lowest BCUT2D eigenvalue weighted by atomic mass is 10.0. The molecule has 0 bridgehead atoms. The summed E-state index contributed by atoms with van der Waals surface area (Å²) in [6.07, 6.45) is 2.91. The molecule has 1 N–H and O–H groups in total. The second kappa shape index (κ2) is 9.86. The number of rotatable bonds is 8. The van der Waals surface area contributed by atoms with Gasteiger partial charge in [0.2, 0.25) is 5.91 Å². The summed E-state index contributed by atoms with van der Waals surface area (Å²) in [6, 6.07) is 19.6. The van der Waals surface area contributed by atoms with E-state index < -0.39 is 0 Å². The van der Waals surface area contributed by atoms with Gasteiger partial charge < -0.3 is 9.88 Å². The zero-order chi connectivity index (χ0) is 23.4. The molecule has 2 aromatic carbocycles. The van der Waals surface area contributed by atoms with Crippen molar-refractivity contribution in [2.45, 2.75) is 46.1 Å². The fraction of sp³-hybridized carbons (Fsp3) is 0.296. The molecule has 0 fully saturated rings. The van der Waals surface area contributed by atoms with Gasteiger partial charge in [0.25, 0.3) is 5.56 Å².